The molecular weight excluding hydrogens is 309 g/mol. The molecule has 1 aromatic carbocycles. The van der Waals surface area contributed by atoms with Crippen LogP contribution in [-0.4, -0.2) is 18.3 Å². The van der Waals surface area contributed by atoms with Crippen LogP contribution in [0.4, 0.5) is 34.1 Å². The highest BCUT2D eigenvalue weighted by atomic mass is 19.4. The summed E-state index contributed by atoms with van der Waals surface area (Å²) in [5.41, 5.74) is 5.61. The fourth-order valence-corrected chi connectivity index (χ4v) is 1.58. The van der Waals surface area contributed by atoms with Crippen LogP contribution in [0.2, 0.25) is 0 Å². The van der Waals surface area contributed by atoms with Crippen molar-refractivity contribution in [1.82, 2.24) is 0 Å². The number of benzene rings is 1. The fourth-order valence-electron chi connectivity index (χ4n) is 1.58. The molecule has 0 fully saturated rings. The molecule has 0 unspecified atom stereocenters. The van der Waals surface area contributed by atoms with Crippen LogP contribution in [0.5, 0.6) is 0 Å². The van der Waals surface area contributed by atoms with Gasteiger partial charge in [-0.25, -0.2) is 31.3 Å². The van der Waals surface area contributed by atoms with Gasteiger partial charge in [-0.1, -0.05) is 0 Å². The summed E-state index contributed by atoms with van der Waals surface area (Å²) in [4.78, 5) is 32.7. The minimum Gasteiger partial charge on any atom is -0.350 e. The zero-order valence-corrected chi connectivity index (χ0v) is 10.7. The summed E-state index contributed by atoms with van der Waals surface area (Å²) in [6.45, 7) is 0. The van der Waals surface area contributed by atoms with Crippen molar-refractivity contribution in [3.05, 3.63) is 23.3 Å². The molecule has 8 N–H and O–H groups in total. The molecule has 119 valence electrons. The molecule has 1 aromatic rings. The number of amides is 4. The van der Waals surface area contributed by atoms with Gasteiger partial charge in [0.2, 0.25) is 6.29 Å². The van der Waals surface area contributed by atoms with Gasteiger partial charge in [-0.3, -0.25) is 4.79 Å². The minimum atomic E-state index is -5.09. The number of carbonyl (C=O) groups excluding carboxylic acids is 3. The summed E-state index contributed by atoms with van der Waals surface area (Å²) in [6.07, 6.45) is -3.80. The van der Waals surface area contributed by atoms with Crippen LogP contribution in [0.3, 0.4) is 0 Å². The maximum absolute atomic E-state index is 13.2. The lowest BCUT2D eigenvalue weighted by molar-refractivity contribution is -0.136. The minimum absolute atomic E-state index is 0.0536. The molecule has 0 aliphatic heterocycles. The molecule has 22 heavy (non-hydrogen) atoms. The van der Waals surface area contributed by atoms with E-state index in [0.717, 1.165) is 0 Å². The second-order valence-corrected chi connectivity index (χ2v) is 3.91. The van der Waals surface area contributed by atoms with Crippen LogP contribution < -0.4 is 33.2 Å². The van der Waals surface area contributed by atoms with E-state index >= 15 is 0 Å². The summed E-state index contributed by atoms with van der Waals surface area (Å²) in [5, 5.41) is -0.107. The van der Waals surface area contributed by atoms with Crippen LogP contribution in [0.25, 0.3) is 0 Å². The quantitative estimate of drug-likeness (QED) is 0.340. The van der Waals surface area contributed by atoms with Gasteiger partial charge in [-0.15, -0.1) is 0 Å². The Morgan fingerprint density at radius 3 is 1.59 bits per heavy atom. The van der Waals surface area contributed by atoms with Crippen LogP contribution >= 0.6 is 0 Å². The Hall–Kier alpha value is -2.86. The maximum atomic E-state index is 13.2. The molecule has 0 saturated heterocycles. The first kappa shape index (κ1) is 17.2. The molecule has 0 spiro atoms. The van der Waals surface area contributed by atoms with E-state index in [0.29, 0.717) is 12.1 Å². The van der Waals surface area contributed by atoms with E-state index in [2.05, 4.69) is 0 Å². The number of hydrazine groups is 2. The Morgan fingerprint density at radius 2 is 1.36 bits per heavy atom. The van der Waals surface area contributed by atoms with Gasteiger partial charge in [0, 0.05) is 5.56 Å². The van der Waals surface area contributed by atoms with E-state index in [1.54, 1.807) is 0 Å². The van der Waals surface area contributed by atoms with Crippen molar-refractivity contribution in [1.29, 1.82) is 0 Å². The number of urea groups is 2. The molecule has 4 amide bonds. The van der Waals surface area contributed by atoms with Crippen molar-refractivity contribution in [2.75, 3.05) is 10.0 Å². The molecule has 0 atom stereocenters. The Morgan fingerprint density at radius 1 is 1.00 bits per heavy atom. The Balaban J connectivity index is 3.81. The molecule has 0 aromatic heterocycles. The van der Waals surface area contributed by atoms with Crippen LogP contribution in [0, 0.1) is 0 Å². The average molecular weight is 319 g/mol. The number of anilines is 2. The highest BCUT2D eigenvalue weighted by Gasteiger charge is 2.40. The SMILES string of the molecule is NC(=O)N(N)c1cc([C]=O)cc(N(N)C(N)=O)c1C(F)(F)F. The number of hydrogen-bond acceptors (Lipinski definition) is 5. The summed E-state index contributed by atoms with van der Waals surface area (Å²) in [5.74, 6) is 10.3. The third-order valence-electron chi connectivity index (χ3n) is 2.49. The average Bonchev–Trinajstić information content (AvgIpc) is 2.42. The summed E-state index contributed by atoms with van der Waals surface area (Å²) < 4.78 is 39.7. The highest BCUT2D eigenvalue weighted by Crippen LogP contribution is 2.42. The summed E-state index contributed by atoms with van der Waals surface area (Å²) >= 11 is 0. The van der Waals surface area contributed by atoms with Gasteiger partial charge in [0.05, 0.1) is 11.4 Å². The third kappa shape index (κ3) is 3.24. The zero-order valence-electron chi connectivity index (χ0n) is 10.7. The maximum Gasteiger partial charge on any atom is 0.420 e. The largest absolute Gasteiger partial charge is 0.420 e. The molecule has 12 heteroatoms. The van der Waals surface area contributed by atoms with Crippen LogP contribution in [-0.2, 0) is 11.0 Å². The second-order valence-electron chi connectivity index (χ2n) is 3.91. The lowest BCUT2D eigenvalue weighted by Crippen LogP contribution is -2.45. The second kappa shape index (κ2) is 5.87. The molecule has 0 aliphatic rings. The number of nitrogens with two attached hydrogens (primary N) is 4. The monoisotopic (exact) mass is 319 g/mol. The van der Waals surface area contributed by atoms with E-state index < -0.39 is 40.7 Å². The molecule has 9 nitrogen and oxygen atoms in total. The number of carbonyl (C=O) groups is 2. The van der Waals surface area contributed by atoms with Crippen molar-refractivity contribution >= 4 is 29.7 Å². The number of alkyl halides is 3. The smallest absolute Gasteiger partial charge is 0.350 e. The van der Waals surface area contributed by atoms with E-state index in [1.165, 1.54) is 6.29 Å². The molecule has 0 aliphatic carbocycles. The van der Waals surface area contributed by atoms with Crippen LogP contribution in [0.15, 0.2) is 12.1 Å². The number of halogens is 3. The van der Waals surface area contributed by atoms with Crippen molar-refractivity contribution in [2.24, 2.45) is 23.2 Å². The van der Waals surface area contributed by atoms with E-state index in [1.807, 2.05) is 0 Å². The highest BCUT2D eigenvalue weighted by molar-refractivity contribution is 5.97. The molecule has 0 bridgehead atoms. The Bertz CT molecular complexity index is 592. The van der Waals surface area contributed by atoms with Gasteiger partial charge in [0.25, 0.3) is 0 Å². The van der Waals surface area contributed by atoms with Crippen molar-refractivity contribution in [2.45, 2.75) is 6.18 Å². The first-order chi connectivity index (χ1) is 10.0. The predicted molar refractivity (Wildman–Crippen MR) is 68.7 cm³/mol. The number of hydrogen-bond donors (Lipinski definition) is 4. The van der Waals surface area contributed by atoms with Gasteiger partial charge < -0.3 is 11.5 Å². The van der Waals surface area contributed by atoms with Gasteiger partial charge in [0.15, 0.2) is 0 Å². The summed E-state index contributed by atoms with van der Waals surface area (Å²) in [7, 11) is 0. The van der Waals surface area contributed by atoms with Gasteiger partial charge >= 0.3 is 18.2 Å². The van der Waals surface area contributed by atoms with Gasteiger partial charge in [0.1, 0.15) is 5.56 Å². The van der Waals surface area contributed by atoms with E-state index in [4.69, 9.17) is 23.2 Å². The van der Waals surface area contributed by atoms with Gasteiger partial charge in [-0.05, 0) is 12.1 Å². The van der Waals surface area contributed by atoms with Gasteiger partial charge in [-0.2, -0.15) is 13.2 Å². The Labute approximate surface area is 121 Å². The first-order valence-corrected chi connectivity index (χ1v) is 5.32. The van der Waals surface area contributed by atoms with Crippen molar-refractivity contribution in [3.63, 3.8) is 0 Å². The molecule has 0 heterocycles. The first-order valence-electron chi connectivity index (χ1n) is 5.32. The topological polar surface area (TPSA) is 162 Å². The molecule has 0 saturated carbocycles. The Kier molecular flexibility index (Phi) is 4.58. The third-order valence-corrected chi connectivity index (χ3v) is 2.49. The normalized spacial score (nSPS) is 11.0. The van der Waals surface area contributed by atoms with E-state index in [9.17, 15) is 27.6 Å². The number of nitrogens with zero attached hydrogens (tertiary/aromatic N) is 2. The van der Waals surface area contributed by atoms with Crippen molar-refractivity contribution in [3.8, 4) is 0 Å². The fraction of sp³-hybridized carbons (Fsp3) is 0.100. The number of primary amides is 2. The van der Waals surface area contributed by atoms with E-state index in [-0.39, 0.29) is 10.0 Å². The molecular formula is C10H10F3N6O3. The molecule has 1 rings (SSSR count). The predicted octanol–water partition coefficient (Wildman–Crippen LogP) is -0.319. The molecule has 1 radical (unpaired) electrons. The standard InChI is InChI=1S/C10H10F3N6O3/c11-10(12,13)7-5(18(16)8(14)21)1-4(3-20)2-6(7)19(17)9(15)22/h1-2H,16-17H2,(H2,14,21)(H2,15,22). The van der Waals surface area contributed by atoms with Crippen LogP contribution in [0.1, 0.15) is 11.1 Å². The number of rotatable bonds is 3. The summed E-state index contributed by atoms with van der Waals surface area (Å²) in [6, 6.07) is -1.66. The van der Waals surface area contributed by atoms with Crippen molar-refractivity contribution < 1.29 is 27.6 Å². The lowest BCUT2D eigenvalue weighted by atomic mass is 10.1. The zero-order chi connectivity index (χ0) is 17.2. The lowest BCUT2D eigenvalue weighted by Gasteiger charge is -2.25.